The number of nitrogens with zero attached hydrogens (tertiary/aromatic N) is 3. The molecule has 3 aromatic heterocycles. The zero-order chi connectivity index (χ0) is 26.4. The number of benzene rings is 3. The van der Waals surface area contributed by atoms with Gasteiger partial charge in [-0.25, -0.2) is 4.98 Å². The molecule has 0 bridgehead atoms. The lowest BCUT2D eigenvalue weighted by Crippen LogP contribution is -2.11. The maximum Gasteiger partial charge on any atom is 0.146 e. The van der Waals surface area contributed by atoms with E-state index in [1.54, 1.807) is 0 Å². The number of fused-ring (bicyclic) bond motifs is 8. The van der Waals surface area contributed by atoms with Crippen LogP contribution in [0.15, 0.2) is 103 Å². The molecule has 3 heteroatoms. The highest BCUT2D eigenvalue weighted by Gasteiger charge is 2.36. The van der Waals surface area contributed by atoms with E-state index in [2.05, 4.69) is 109 Å². The lowest BCUT2D eigenvalue weighted by Gasteiger charge is -2.26. The van der Waals surface area contributed by atoms with E-state index in [1.807, 2.05) is 24.5 Å². The SMILES string of the molecule is CC1C=Cc2c(-c3c#cc(-n4c5ccc6cccnc6c5c5cccnc54)cc3)ccc3c2C1c1ccccc1-3. The van der Waals surface area contributed by atoms with Crippen molar-refractivity contribution < 1.29 is 0 Å². The van der Waals surface area contributed by atoms with Crippen molar-refractivity contribution in [3.05, 3.63) is 132 Å². The van der Waals surface area contributed by atoms with Gasteiger partial charge in [0.05, 0.1) is 16.7 Å². The number of hydrogen-bond acceptors (Lipinski definition) is 2. The molecule has 0 N–H and O–H groups in total. The quantitative estimate of drug-likeness (QED) is 0.233. The molecule has 2 aliphatic carbocycles. The number of aromatic nitrogens is 3. The predicted molar refractivity (Wildman–Crippen MR) is 162 cm³/mol. The van der Waals surface area contributed by atoms with Gasteiger partial charge in [0.2, 0.25) is 0 Å². The van der Waals surface area contributed by atoms with E-state index in [0.29, 0.717) is 11.8 Å². The van der Waals surface area contributed by atoms with Crippen LogP contribution in [0, 0.1) is 18.1 Å². The summed E-state index contributed by atoms with van der Waals surface area (Å²) in [6.07, 6.45) is 8.39. The fraction of sp³-hybridized carbons (Fsp3) is 0.0811. The van der Waals surface area contributed by atoms with Gasteiger partial charge in [-0.05, 0) is 81.8 Å². The molecular weight excluding hydrogens is 486 g/mol. The zero-order valence-electron chi connectivity index (χ0n) is 21.9. The van der Waals surface area contributed by atoms with Crippen LogP contribution < -0.4 is 0 Å². The average molecular weight is 510 g/mol. The Morgan fingerprint density at radius 2 is 1.62 bits per heavy atom. The topological polar surface area (TPSA) is 30.7 Å². The number of allylic oxidation sites excluding steroid dienone is 1. The maximum absolute atomic E-state index is 4.78. The van der Waals surface area contributed by atoms with Crippen LogP contribution in [0.25, 0.3) is 66.9 Å². The Labute approximate surface area is 232 Å². The van der Waals surface area contributed by atoms with Crippen molar-refractivity contribution in [1.82, 2.24) is 14.5 Å². The van der Waals surface area contributed by atoms with E-state index in [1.165, 1.54) is 33.4 Å². The van der Waals surface area contributed by atoms with Crippen molar-refractivity contribution in [1.29, 1.82) is 0 Å². The minimum Gasteiger partial charge on any atom is -0.286 e. The molecule has 40 heavy (non-hydrogen) atoms. The molecule has 186 valence electrons. The summed E-state index contributed by atoms with van der Waals surface area (Å²) in [6.45, 7) is 2.33. The first-order chi connectivity index (χ1) is 19.8. The van der Waals surface area contributed by atoms with Gasteiger partial charge in [0.25, 0.3) is 0 Å². The first-order valence-electron chi connectivity index (χ1n) is 13.8. The summed E-state index contributed by atoms with van der Waals surface area (Å²) in [5.74, 6) is 0.873. The molecule has 2 unspecified atom stereocenters. The largest absolute Gasteiger partial charge is 0.286 e. The summed E-state index contributed by atoms with van der Waals surface area (Å²) in [6, 6.07) is 37.3. The first-order valence-corrected chi connectivity index (χ1v) is 13.8. The monoisotopic (exact) mass is 509 g/mol. The van der Waals surface area contributed by atoms with Gasteiger partial charge >= 0.3 is 0 Å². The molecule has 2 atom stereocenters. The van der Waals surface area contributed by atoms with Crippen LogP contribution in [0.3, 0.4) is 0 Å². The molecule has 3 nitrogen and oxygen atoms in total. The van der Waals surface area contributed by atoms with Crippen molar-refractivity contribution in [3.8, 4) is 27.9 Å². The van der Waals surface area contributed by atoms with Gasteiger partial charge < -0.3 is 0 Å². The van der Waals surface area contributed by atoms with Crippen LogP contribution in [-0.4, -0.2) is 14.5 Å². The van der Waals surface area contributed by atoms with Gasteiger partial charge in [0.1, 0.15) is 5.65 Å². The fourth-order valence-electron chi connectivity index (χ4n) is 7.07. The highest BCUT2D eigenvalue weighted by atomic mass is 15.0. The molecular formula is C37H23N3. The Hall–Kier alpha value is -5.20. The van der Waals surface area contributed by atoms with E-state index >= 15 is 0 Å². The van der Waals surface area contributed by atoms with E-state index in [0.717, 1.165) is 44.1 Å². The molecule has 0 aliphatic heterocycles. The van der Waals surface area contributed by atoms with Gasteiger partial charge in [0, 0.05) is 40.0 Å². The normalized spacial score (nSPS) is 16.8. The standard InChI is InChI=1S/C37H23N3/c1-22-10-16-29-26(17-18-30-27-7-2-3-8-28(27)33(22)34(29)30)23-11-14-25(15-12-23)40-32-19-13-24-6-4-20-38-36(24)35(32)31-9-5-21-39-37(31)40/h2-11,13-14,16-22,33H,1H3. The van der Waals surface area contributed by atoms with Gasteiger partial charge in [-0.3, -0.25) is 9.55 Å². The third kappa shape index (κ3) is 2.80. The Morgan fingerprint density at radius 3 is 2.55 bits per heavy atom. The van der Waals surface area contributed by atoms with Crippen LogP contribution in [0.5, 0.6) is 0 Å². The highest BCUT2D eigenvalue weighted by Crippen LogP contribution is 2.53. The van der Waals surface area contributed by atoms with E-state index in [9.17, 15) is 0 Å². The average Bonchev–Trinajstić information content (AvgIpc) is 3.54. The minimum atomic E-state index is 0.404. The van der Waals surface area contributed by atoms with Crippen LogP contribution in [-0.2, 0) is 0 Å². The second-order valence-electron chi connectivity index (χ2n) is 10.9. The Bertz CT molecular complexity index is 2180. The summed E-state index contributed by atoms with van der Waals surface area (Å²) >= 11 is 0. The minimum absolute atomic E-state index is 0.404. The van der Waals surface area contributed by atoms with Gasteiger partial charge in [-0.1, -0.05) is 73.7 Å². The molecule has 0 amide bonds. The Balaban J connectivity index is 1.22. The number of hydrogen-bond donors (Lipinski definition) is 0. The van der Waals surface area contributed by atoms with Gasteiger partial charge in [-0.15, -0.1) is 0 Å². The molecule has 0 saturated carbocycles. The second kappa shape index (κ2) is 7.91. The van der Waals surface area contributed by atoms with Crippen LogP contribution in [0.1, 0.15) is 29.5 Å². The smallest absolute Gasteiger partial charge is 0.146 e. The van der Waals surface area contributed by atoms with Gasteiger partial charge in [0.15, 0.2) is 0 Å². The fourth-order valence-corrected chi connectivity index (χ4v) is 7.07. The first kappa shape index (κ1) is 21.7. The van der Waals surface area contributed by atoms with Crippen molar-refractivity contribution in [2.75, 3.05) is 0 Å². The summed E-state index contributed by atoms with van der Waals surface area (Å²) in [4.78, 5) is 9.52. The summed E-state index contributed by atoms with van der Waals surface area (Å²) in [5, 5.41) is 3.33. The zero-order valence-corrected chi connectivity index (χ0v) is 21.9. The summed E-state index contributed by atoms with van der Waals surface area (Å²) in [5.41, 5.74) is 13.1. The van der Waals surface area contributed by atoms with Gasteiger partial charge in [-0.2, -0.15) is 0 Å². The maximum atomic E-state index is 4.78. The molecule has 0 spiro atoms. The molecule has 0 saturated heterocycles. The molecule has 9 rings (SSSR count). The highest BCUT2D eigenvalue weighted by molar-refractivity contribution is 6.19. The third-order valence-corrected chi connectivity index (χ3v) is 8.80. The molecule has 7 aromatic rings. The van der Waals surface area contributed by atoms with Crippen LogP contribution >= 0.6 is 0 Å². The van der Waals surface area contributed by atoms with E-state index in [4.69, 9.17) is 9.97 Å². The molecule has 4 aromatic carbocycles. The number of rotatable bonds is 2. The molecule has 3 heterocycles. The van der Waals surface area contributed by atoms with Crippen molar-refractivity contribution in [2.45, 2.75) is 12.8 Å². The molecule has 2 aliphatic rings. The van der Waals surface area contributed by atoms with Crippen molar-refractivity contribution >= 4 is 38.9 Å². The van der Waals surface area contributed by atoms with E-state index in [-0.39, 0.29) is 0 Å². The van der Waals surface area contributed by atoms with E-state index < -0.39 is 0 Å². The number of pyridine rings is 2. The Kier molecular flexibility index (Phi) is 4.29. The lowest BCUT2D eigenvalue weighted by molar-refractivity contribution is 0.631. The Morgan fingerprint density at radius 1 is 0.750 bits per heavy atom. The summed E-state index contributed by atoms with van der Waals surface area (Å²) < 4.78 is 2.18. The third-order valence-electron chi connectivity index (χ3n) is 8.80. The van der Waals surface area contributed by atoms with Crippen molar-refractivity contribution in [2.24, 2.45) is 5.92 Å². The molecule has 0 fully saturated rings. The second-order valence-corrected chi connectivity index (χ2v) is 10.9. The van der Waals surface area contributed by atoms with Crippen molar-refractivity contribution in [3.63, 3.8) is 0 Å². The predicted octanol–water partition coefficient (Wildman–Crippen LogP) is 8.77. The molecule has 0 radical (unpaired) electrons. The van der Waals surface area contributed by atoms with Crippen LogP contribution in [0.2, 0.25) is 0 Å². The summed E-state index contributed by atoms with van der Waals surface area (Å²) in [7, 11) is 0. The lowest BCUT2D eigenvalue weighted by atomic mass is 9.77. The van der Waals surface area contributed by atoms with Crippen LogP contribution in [0.4, 0.5) is 0 Å².